The summed E-state index contributed by atoms with van der Waals surface area (Å²) in [5.74, 6) is -3.05. The van der Waals surface area contributed by atoms with Gasteiger partial charge in [0.2, 0.25) is 5.91 Å². The second kappa shape index (κ2) is 10.6. The summed E-state index contributed by atoms with van der Waals surface area (Å²) in [5.41, 5.74) is -1.10. The fourth-order valence-corrected chi connectivity index (χ4v) is 2.54. The monoisotopic (exact) mass is 402 g/mol. The van der Waals surface area contributed by atoms with Crippen LogP contribution in [0.15, 0.2) is 12.2 Å². The van der Waals surface area contributed by atoms with Crippen molar-refractivity contribution in [2.24, 2.45) is 5.41 Å². The summed E-state index contributed by atoms with van der Waals surface area (Å²) in [4.78, 5) is 58.2. The van der Waals surface area contributed by atoms with Gasteiger partial charge in [-0.15, -0.1) is 0 Å². The Labute approximate surface area is 160 Å². The van der Waals surface area contributed by atoms with Crippen molar-refractivity contribution in [1.82, 2.24) is 10.6 Å². The molecule has 1 saturated heterocycles. The first-order chi connectivity index (χ1) is 12.6. The maximum atomic E-state index is 12.5. The van der Waals surface area contributed by atoms with Gasteiger partial charge in [0.1, 0.15) is 6.61 Å². The van der Waals surface area contributed by atoms with Crippen LogP contribution in [-0.4, -0.2) is 65.7 Å². The minimum atomic E-state index is -1.37. The lowest BCUT2D eigenvalue weighted by molar-refractivity contribution is -0.160. The highest BCUT2D eigenvalue weighted by Gasteiger charge is 2.39. The molecule has 1 fully saturated rings. The molecule has 1 atom stereocenters. The van der Waals surface area contributed by atoms with E-state index in [1.54, 1.807) is 13.8 Å². The molecule has 0 radical (unpaired) electrons. The molecule has 0 aliphatic carbocycles. The molecular weight excluding hydrogens is 380 g/mol. The SMILES string of the molecule is CC1(C)COC(=O)SCCNC(=O)CCNC(=O)[C@@H]1OC(=O)/C=C/C(=O)O. The lowest BCUT2D eigenvalue weighted by Crippen LogP contribution is -2.49. The molecule has 0 aromatic heterocycles. The van der Waals surface area contributed by atoms with Crippen LogP contribution in [0.4, 0.5) is 4.79 Å². The van der Waals surface area contributed by atoms with Crippen LogP contribution in [0.2, 0.25) is 0 Å². The Kier molecular flexibility index (Phi) is 8.79. The van der Waals surface area contributed by atoms with Gasteiger partial charge in [-0.05, 0) is 11.8 Å². The molecule has 1 aliphatic rings. The van der Waals surface area contributed by atoms with Crippen LogP contribution in [0.3, 0.4) is 0 Å². The van der Waals surface area contributed by atoms with Gasteiger partial charge in [0.05, 0.1) is 0 Å². The number of hydrogen-bond donors (Lipinski definition) is 3. The highest BCUT2D eigenvalue weighted by atomic mass is 32.2. The number of thioether (sulfide) groups is 1. The number of carbonyl (C=O) groups is 5. The van der Waals surface area contributed by atoms with Crippen LogP contribution < -0.4 is 10.6 Å². The number of aliphatic carboxylic acids is 1. The third-order valence-corrected chi connectivity index (χ3v) is 4.16. The molecule has 11 heteroatoms. The Balaban J connectivity index is 2.95. The molecule has 0 saturated carbocycles. The number of carboxylic acids is 1. The van der Waals surface area contributed by atoms with E-state index in [9.17, 15) is 24.0 Å². The summed E-state index contributed by atoms with van der Waals surface area (Å²) in [7, 11) is 0. The molecule has 0 bridgehead atoms. The van der Waals surface area contributed by atoms with E-state index in [1.807, 2.05) is 0 Å². The van der Waals surface area contributed by atoms with E-state index in [4.69, 9.17) is 14.6 Å². The van der Waals surface area contributed by atoms with Crippen molar-refractivity contribution in [3.05, 3.63) is 12.2 Å². The van der Waals surface area contributed by atoms with Crippen LogP contribution in [0.5, 0.6) is 0 Å². The van der Waals surface area contributed by atoms with Crippen LogP contribution in [-0.2, 0) is 28.7 Å². The first-order valence-electron chi connectivity index (χ1n) is 8.07. The molecule has 1 heterocycles. The lowest BCUT2D eigenvalue weighted by atomic mass is 9.86. The number of hydrogen-bond acceptors (Lipinski definition) is 8. The molecule has 150 valence electrons. The molecule has 27 heavy (non-hydrogen) atoms. The summed E-state index contributed by atoms with van der Waals surface area (Å²) in [6, 6.07) is 0. The Morgan fingerprint density at radius 2 is 1.93 bits per heavy atom. The molecule has 0 spiro atoms. The molecular formula is C16H22N2O8S. The summed E-state index contributed by atoms with van der Waals surface area (Å²) < 4.78 is 10.2. The zero-order valence-corrected chi connectivity index (χ0v) is 15.8. The number of esters is 1. The van der Waals surface area contributed by atoms with Gasteiger partial charge in [-0.25, -0.2) is 14.4 Å². The van der Waals surface area contributed by atoms with Gasteiger partial charge in [-0.2, -0.15) is 0 Å². The molecule has 10 nitrogen and oxygen atoms in total. The van der Waals surface area contributed by atoms with Crippen molar-refractivity contribution in [3.63, 3.8) is 0 Å². The largest absolute Gasteiger partial charge is 0.478 e. The predicted octanol–water partition coefficient (Wildman–Crippen LogP) is 0.0711. The number of carboxylic acid groups (broad SMARTS) is 1. The van der Waals surface area contributed by atoms with E-state index in [-0.39, 0.29) is 32.0 Å². The topological polar surface area (TPSA) is 148 Å². The second-order valence-corrected chi connectivity index (χ2v) is 7.29. The Bertz CT molecular complexity index is 632. The Hall–Kier alpha value is -2.56. The van der Waals surface area contributed by atoms with Crippen molar-refractivity contribution in [2.75, 3.05) is 25.4 Å². The lowest BCUT2D eigenvalue weighted by Gasteiger charge is -2.32. The number of nitrogens with one attached hydrogen (secondary N) is 2. The van der Waals surface area contributed by atoms with Crippen molar-refractivity contribution in [3.8, 4) is 0 Å². The normalized spacial score (nSPS) is 22.1. The highest BCUT2D eigenvalue weighted by molar-refractivity contribution is 8.13. The van der Waals surface area contributed by atoms with E-state index < -0.39 is 34.7 Å². The van der Waals surface area contributed by atoms with E-state index in [0.29, 0.717) is 17.9 Å². The number of cyclic esters (lactones) is 1. The summed E-state index contributed by atoms with van der Waals surface area (Å²) in [6.07, 6.45) is -0.0999. The van der Waals surface area contributed by atoms with Crippen LogP contribution in [0.1, 0.15) is 20.3 Å². The van der Waals surface area contributed by atoms with Gasteiger partial charge in [0.25, 0.3) is 5.91 Å². The smallest absolute Gasteiger partial charge is 0.367 e. The minimum Gasteiger partial charge on any atom is -0.478 e. The Morgan fingerprint density at radius 1 is 1.22 bits per heavy atom. The Morgan fingerprint density at radius 3 is 2.59 bits per heavy atom. The zero-order valence-electron chi connectivity index (χ0n) is 15.0. The summed E-state index contributed by atoms with van der Waals surface area (Å²) in [6.45, 7) is 3.21. The molecule has 0 aromatic rings. The number of rotatable bonds is 3. The number of carbonyl (C=O) groups excluding carboxylic acids is 4. The van der Waals surface area contributed by atoms with Gasteiger partial charge >= 0.3 is 17.2 Å². The maximum absolute atomic E-state index is 12.5. The van der Waals surface area contributed by atoms with Crippen molar-refractivity contribution < 1.29 is 38.6 Å². The van der Waals surface area contributed by atoms with Gasteiger partial charge in [-0.3, -0.25) is 9.59 Å². The van der Waals surface area contributed by atoms with E-state index >= 15 is 0 Å². The standard InChI is InChI=1S/C16H22N2O8S/c1-16(2)9-25-15(24)27-8-7-17-10(19)5-6-18-14(23)13(16)26-12(22)4-3-11(20)21/h3-4,13H,5-9H2,1-2H3,(H,17,19)(H,18,23)(H,20,21)/b4-3+/t13-/m0/s1. The van der Waals surface area contributed by atoms with E-state index in [1.165, 1.54) is 0 Å². The molecule has 2 amide bonds. The predicted molar refractivity (Wildman–Crippen MR) is 94.9 cm³/mol. The first-order valence-corrected chi connectivity index (χ1v) is 9.06. The fraction of sp³-hybridized carbons (Fsp3) is 0.562. The minimum absolute atomic E-state index is 0.0147. The van der Waals surface area contributed by atoms with E-state index in [0.717, 1.165) is 11.8 Å². The first kappa shape index (κ1) is 22.5. The average Bonchev–Trinajstić information content (AvgIpc) is 2.59. The molecule has 1 rings (SSSR count). The quantitative estimate of drug-likeness (QED) is 0.440. The van der Waals surface area contributed by atoms with Gasteiger partial charge in [-0.1, -0.05) is 13.8 Å². The zero-order chi connectivity index (χ0) is 20.4. The molecule has 0 unspecified atom stereocenters. The van der Waals surface area contributed by atoms with Crippen molar-refractivity contribution in [2.45, 2.75) is 26.4 Å². The van der Waals surface area contributed by atoms with Crippen molar-refractivity contribution in [1.29, 1.82) is 0 Å². The van der Waals surface area contributed by atoms with Crippen LogP contribution in [0.25, 0.3) is 0 Å². The second-order valence-electron chi connectivity index (χ2n) is 6.26. The summed E-state index contributed by atoms with van der Waals surface area (Å²) in [5, 5.41) is 13.1. The third-order valence-electron chi connectivity index (χ3n) is 3.40. The number of ether oxygens (including phenoxy) is 2. The van der Waals surface area contributed by atoms with E-state index in [2.05, 4.69) is 10.6 Å². The van der Waals surface area contributed by atoms with Gasteiger partial charge in [0.15, 0.2) is 6.10 Å². The third kappa shape index (κ3) is 8.58. The van der Waals surface area contributed by atoms with Crippen LogP contribution >= 0.6 is 11.8 Å². The van der Waals surface area contributed by atoms with Crippen LogP contribution in [0, 0.1) is 5.41 Å². The highest BCUT2D eigenvalue weighted by Crippen LogP contribution is 2.26. The van der Waals surface area contributed by atoms with Gasteiger partial charge in [0, 0.05) is 42.8 Å². The molecule has 3 N–H and O–H groups in total. The fourth-order valence-electron chi connectivity index (χ4n) is 2.03. The maximum Gasteiger partial charge on any atom is 0.367 e. The van der Waals surface area contributed by atoms with Crippen molar-refractivity contribution >= 4 is 40.8 Å². The number of amides is 2. The summed E-state index contributed by atoms with van der Waals surface area (Å²) >= 11 is 0.872. The molecule has 0 aromatic carbocycles. The van der Waals surface area contributed by atoms with Gasteiger partial charge < -0.3 is 25.2 Å². The molecule has 1 aliphatic heterocycles. The average molecular weight is 402 g/mol.